The highest BCUT2D eigenvalue weighted by atomic mass is 32.2. The molecule has 1 aliphatic heterocycles. The average Bonchev–Trinajstić information content (AvgIpc) is 2.92. The van der Waals surface area contributed by atoms with E-state index in [9.17, 15) is 5.26 Å². The Labute approximate surface area is 204 Å². The first-order valence-corrected chi connectivity index (χ1v) is 12.5. The van der Waals surface area contributed by atoms with Gasteiger partial charge in [-0.15, -0.1) is 11.8 Å². The van der Waals surface area contributed by atoms with Gasteiger partial charge >= 0.3 is 0 Å². The number of nitriles is 1. The minimum atomic E-state index is 0.401. The lowest BCUT2D eigenvalue weighted by Crippen LogP contribution is -2.43. The molecule has 6 rings (SSSR count). The fourth-order valence-electron chi connectivity index (χ4n) is 5.07. The molecular weight excluding hydrogens is 434 g/mol. The third-order valence-corrected chi connectivity index (χ3v) is 7.92. The predicted molar refractivity (Wildman–Crippen MR) is 140 cm³/mol. The zero-order valence-electron chi connectivity index (χ0n) is 18.6. The maximum absolute atomic E-state index is 9.39. The topological polar surface area (TPSA) is 39.9 Å². The zero-order chi connectivity index (χ0) is 22.9. The summed E-state index contributed by atoms with van der Waals surface area (Å²) < 4.78 is 0. The van der Waals surface area contributed by atoms with Crippen LogP contribution in [0.2, 0.25) is 0 Å². The predicted octanol–water partition coefficient (Wildman–Crippen LogP) is 7.62. The molecule has 0 saturated heterocycles. The lowest BCUT2D eigenvalue weighted by atomic mass is 9.92. The minimum absolute atomic E-state index is 0.401. The Hall–Kier alpha value is -3.81. The molecule has 164 valence electrons. The Morgan fingerprint density at radius 3 is 2.38 bits per heavy atom. The Morgan fingerprint density at radius 2 is 1.53 bits per heavy atom. The number of thioether (sulfide) groups is 1. The van der Waals surface area contributed by atoms with Gasteiger partial charge in [-0.1, -0.05) is 72.8 Å². The van der Waals surface area contributed by atoms with Crippen molar-refractivity contribution in [3.8, 4) is 28.5 Å². The second-order valence-electron chi connectivity index (χ2n) is 8.58. The van der Waals surface area contributed by atoms with Gasteiger partial charge in [-0.05, 0) is 48.7 Å². The number of hydrogen-bond acceptors (Lipinski definition) is 4. The third kappa shape index (κ3) is 3.59. The number of aromatic nitrogens is 1. The molecule has 1 aromatic heterocycles. The number of allylic oxidation sites excluding steroid dienone is 1. The van der Waals surface area contributed by atoms with Gasteiger partial charge < -0.3 is 4.90 Å². The highest BCUT2D eigenvalue weighted by Crippen LogP contribution is 2.50. The molecule has 3 aromatic carbocycles. The van der Waals surface area contributed by atoms with E-state index in [0.29, 0.717) is 17.0 Å². The van der Waals surface area contributed by atoms with E-state index in [4.69, 9.17) is 0 Å². The maximum Gasteiger partial charge on any atom is 0.141 e. The summed E-state index contributed by atoms with van der Waals surface area (Å²) in [6.45, 7) is 0. The summed E-state index contributed by atoms with van der Waals surface area (Å²) in [6, 6.07) is 34.0. The van der Waals surface area contributed by atoms with Crippen LogP contribution in [0.15, 0.2) is 108 Å². The van der Waals surface area contributed by atoms with Gasteiger partial charge in [0.05, 0.1) is 17.4 Å². The maximum atomic E-state index is 9.39. The van der Waals surface area contributed by atoms with Crippen LogP contribution in [0, 0.1) is 11.3 Å². The van der Waals surface area contributed by atoms with Crippen molar-refractivity contribution in [1.29, 1.82) is 5.26 Å². The Bertz CT molecular complexity index is 1430. The monoisotopic (exact) mass is 457 g/mol. The molecule has 0 amide bonds. The van der Waals surface area contributed by atoms with E-state index in [1.54, 1.807) is 6.07 Å². The van der Waals surface area contributed by atoms with E-state index in [1.165, 1.54) is 21.8 Å². The first kappa shape index (κ1) is 20.8. The molecule has 0 fully saturated rings. The fraction of sp³-hybridized carbons (Fsp3) is 0.133. The van der Waals surface area contributed by atoms with Gasteiger partial charge in [-0.3, -0.25) is 0 Å². The van der Waals surface area contributed by atoms with Gasteiger partial charge in [-0.25, -0.2) is 4.98 Å². The SMILES string of the molecule is N#Cc1cccc(-c2ccccc2-c2ccccc2N2c3ccccc3SC3C=CCCC32)n1. The van der Waals surface area contributed by atoms with E-state index in [1.807, 2.05) is 30.0 Å². The van der Waals surface area contributed by atoms with Crippen molar-refractivity contribution in [3.63, 3.8) is 0 Å². The molecule has 0 spiro atoms. The minimum Gasteiger partial charge on any atom is -0.335 e. The first-order chi connectivity index (χ1) is 16.8. The summed E-state index contributed by atoms with van der Waals surface area (Å²) in [4.78, 5) is 8.49. The summed E-state index contributed by atoms with van der Waals surface area (Å²) >= 11 is 1.98. The van der Waals surface area contributed by atoms with Crippen LogP contribution in [0.5, 0.6) is 0 Å². The summed E-state index contributed by atoms with van der Waals surface area (Å²) in [5.41, 5.74) is 7.07. The lowest BCUT2D eigenvalue weighted by Gasteiger charge is -2.44. The summed E-state index contributed by atoms with van der Waals surface area (Å²) in [5, 5.41) is 9.82. The quantitative estimate of drug-likeness (QED) is 0.297. The van der Waals surface area contributed by atoms with Gasteiger partial charge in [0.25, 0.3) is 0 Å². The zero-order valence-corrected chi connectivity index (χ0v) is 19.5. The second kappa shape index (κ2) is 8.85. The van der Waals surface area contributed by atoms with E-state index in [0.717, 1.165) is 29.7 Å². The third-order valence-electron chi connectivity index (χ3n) is 6.57. The molecule has 34 heavy (non-hydrogen) atoms. The van der Waals surface area contributed by atoms with Crippen molar-refractivity contribution >= 4 is 23.1 Å². The van der Waals surface area contributed by atoms with Gasteiger partial charge in [0, 0.05) is 27.0 Å². The van der Waals surface area contributed by atoms with Crippen molar-refractivity contribution in [1.82, 2.24) is 4.98 Å². The molecule has 2 heterocycles. The largest absolute Gasteiger partial charge is 0.335 e. The second-order valence-corrected chi connectivity index (χ2v) is 9.80. The smallest absolute Gasteiger partial charge is 0.141 e. The van der Waals surface area contributed by atoms with Crippen LogP contribution in [-0.4, -0.2) is 16.3 Å². The van der Waals surface area contributed by atoms with Crippen LogP contribution in [0.4, 0.5) is 11.4 Å². The van der Waals surface area contributed by atoms with Crippen LogP contribution >= 0.6 is 11.8 Å². The number of fused-ring (bicyclic) bond motifs is 2. The average molecular weight is 458 g/mol. The van der Waals surface area contributed by atoms with Crippen molar-refractivity contribution in [2.45, 2.75) is 29.0 Å². The van der Waals surface area contributed by atoms with Crippen molar-refractivity contribution in [3.05, 3.63) is 109 Å². The van der Waals surface area contributed by atoms with Crippen LogP contribution in [0.25, 0.3) is 22.4 Å². The molecule has 0 radical (unpaired) electrons. The Balaban J connectivity index is 1.55. The van der Waals surface area contributed by atoms with Crippen molar-refractivity contribution < 1.29 is 0 Å². The van der Waals surface area contributed by atoms with Gasteiger partial charge in [0.2, 0.25) is 0 Å². The van der Waals surface area contributed by atoms with E-state index < -0.39 is 0 Å². The normalized spacial score (nSPS) is 18.6. The van der Waals surface area contributed by atoms with E-state index in [2.05, 4.69) is 94.8 Å². The molecular formula is C30H23N3S. The summed E-state index contributed by atoms with van der Waals surface area (Å²) in [6.07, 6.45) is 6.94. The molecule has 0 N–H and O–H groups in total. The Kier molecular flexibility index (Phi) is 5.41. The molecule has 2 aliphatic rings. The van der Waals surface area contributed by atoms with Crippen LogP contribution < -0.4 is 4.90 Å². The molecule has 0 bridgehead atoms. The number of nitrogens with zero attached hydrogens (tertiary/aromatic N) is 3. The highest BCUT2D eigenvalue weighted by Gasteiger charge is 2.36. The molecule has 1 aliphatic carbocycles. The fourth-order valence-corrected chi connectivity index (χ4v) is 6.42. The molecule has 2 unspecified atom stereocenters. The number of hydrogen-bond donors (Lipinski definition) is 0. The number of para-hydroxylation sites is 2. The van der Waals surface area contributed by atoms with Gasteiger partial charge in [-0.2, -0.15) is 5.26 Å². The van der Waals surface area contributed by atoms with Gasteiger partial charge in [0.1, 0.15) is 11.8 Å². The highest BCUT2D eigenvalue weighted by molar-refractivity contribution is 8.00. The molecule has 3 nitrogen and oxygen atoms in total. The first-order valence-electron chi connectivity index (χ1n) is 11.6. The van der Waals surface area contributed by atoms with Gasteiger partial charge in [0.15, 0.2) is 0 Å². The number of benzene rings is 3. The van der Waals surface area contributed by atoms with Crippen LogP contribution in [0.3, 0.4) is 0 Å². The van der Waals surface area contributed by atoms with Crippen molar-refractivity contribution in [2.24, 2.45) is 0 Å². The molecule has 0 saturated carbocycles. The van der Waals surface area contributed by atoms with E-state index >= 15 is 0 Å². The summed E-state index contributed by atoms with van der Waals surface area (Å²) in [7, 11) is 0. The van der Waals surface area contributed by atoms with E-state index in [-0.39, 0.29) is 0 Å². The lowest BCUT2D eigenvalue weighted by molar-refractivity contribution is 0.592. The van der Waals surface area contributed by atoms with Crippen LogP contribution in [-0.2, 0) is 0 Å². The Morgan fingerprint density at radius 1 is 0.794 bits per heavy atom. The number of anilines is 2. The standard InChI is InChI=1S/C30H23N3S/c31-20-21-10-9-14-25(32-21)23-12-2-1-11-22(23)24-13-3-4-15-26(24)33-27-16-5-7-18-29(27)34-30-19-8-6-17-28(30)33/h1-5,7-16,18-19,28,30H,6,17H2. The number of pyridine rings is 1. The number of rotatable bonds is 3. The molecule has 2 atom stereocenters. The molecule has 4 heteroatoms. The van der Waals surface area contributed by atoms with Crippen molar-refractivity contribution in [2.75, 3.05) is 4.90 Å². The summed E-state index contributed by atoms with van der Waals surface area (Å²) in [5.74, 6) is 0. The molecule has 4 aromatic rings. The van der Waals surface area contributed by atoms with Crippen LogP contribution in [0.1, 0.15) is 18.5 Å².